The van der Waals surface area contributed by atoms with E-state index in [4.69, 9.17) is 5.11 Å². The maximum atomic E-state index is 13.4. The van der Waals surface area contributed by atoms with Crippen LogP contribution in [0.4, 0.5) is 4.39 Å². The summed E-state index contributed by atoms with van der Waals surface area (Å²) in [5, 5.41) is 11.8. The van der Waals surface area contributed by atoms with Gasteiger partial charge in [-0.3, -0.25) is 4.79 Å². The zero-order valence-electron chi connectivity index (χ0n) is 9.54. The molecule has 0 bridgehead atoms. The van der Waals surface area contributed by atoms with Gasteiger partial charge in [-0.2, -0.15) is 0 Å². The maximum absolute atomic E-state index is 13.4. The number of hydrogen-bond donors (Lipinski definition) is 2. The van der Waals surface area contributed by atoms with E-state index in [2.05, 4.69) is 21.2 Å². The van der Waals surface area contributed by atoms with E-state index in [9.17, 15) is 9.18 Å². The Kier molecular flexibility index (Phi) is 5.58. The number of hydrogen-bond acceptors (Lipinski definition) is 2. The van der Waals surface area contributed by atoms with Crippen molar-refractivity contribution < 1.29 is 14.3 Å². The van der Waals surface area contributed by atoms with Crippen LogP contribution in [0.1, 0.15) is 18.9 Å². The number of aliphatic carboxylic acids is 1. The molecule has 3 nitrogen and oxygen atoms in total. The summed E-state index contributed by atoms with van der Waals surface area (Å²) >= 11 is 3.27. The molecule has 0 saturated heterocycles. The maximum Gasteiger partial charge on any atom is 0.307 e. The average molecular weight is 304 g/mol. The van der Waals surface area contributed by atoms with E-state index in [1.807, 2.05) is 6.92 Å². The van der Waals surface area contributed by atoms with Crippen molar-refractivity contribution in [3.63, 3.8) is 0 Å². The highest BCUT2D eigenvalue weighted by atomic mass is 79.9. The number of benzene rings is 1. The SMILES string of the molecule is CCC(CNCc1cc(Br)ccc1F)C(=O)O. The van der Waals surface area contributed by atoms with E-state index in [1.165, 1.54) is 6.07 Å². The monoisotopic (exact) mass is 303 g/mol. The van der Waals surface area contributed by atoms with Crippen molar-refractivity contribution in [3.8, 4) is 0 Å². The summed E-state index contributed by atoms with van der Waals surface area (Å²) in [4.78, 5) is 10.8. The summed E-state index contributed by atoms with van der Waals surface area (Å²) in [6.07, 6.45) is 0.559. The first-order valence-electron chi connectivity index (χ1n) is 5.42. The lowest BCUT2D eigenvalue weighted by atomic mass is 10.1. The van der Waals surface area contributed by atoms with Crippen LogP contribution < -0.4 is 5.32 Å². The Morgan fingerprint density at radius 3 is 2.88 bits per heavy atom. The lowest BCUT2D eigenvalue weighted by Gasteiger charge is -2.11. The van der Waals surface area contributed by atoms with E-state index in [1.54, 1.807) is 12.1 Å². The van der Waals surface area contributed by atoms with Gasteiger partial charge in [-0.25, -0.2) is 4.39 Å². The molecule has 0 fully saturated rings. The summed E-state index contributed by atoms with van der Waals surface area (Å²) in [6.45, 7) is 2.49. The molecule has 1 aromatic carbocycles. The second kappa shape index (κ2) is 6.71. The topological polar surface area (TPSA) is 49.3 Å². The quantitative estimate of drug-likeness (QED) is 0.849. The van der Waals surface area contributed by atoms with Crippen LogP contribution in [0.25, 0.3) is 0 Å². The van der Waals surface area contributed by atoms with Crippen LogP contribution in [-0.2, 0) is 11.3 Å². The largest absolute Gasteiger partial charge is 0.481 e. The van der Waals surface area contributed by atoms with Crippen molar-refractivity contribution in [2.45, 2.75) is 19.9 Å². The molecule has 1 aromatic rings. The molecule has 5 heteroatoms. The molecule has 1 atom stereocenters. The summed E-state index contributed by atoms with van der Waals surface area (Å²) in [7, 11) is 0. The molecule has 0 radical (unpaired) electrons. The summed E-state index contributed by atoms with van der Waals surface area (Å²) in [6, 6.07) is 4.70. The smallest absolute Gasteiger partial charge is 0.307 e. The van der Waals surface area contributed by atoms with E-state index < -0.39 is 11.9 Å². The Balaban J connectivity index is 2.50. The molecule has 0 aliphatic rings. The van der Waals surface area contributed by atoms with Gasteiger partial charge in [0.15, 0.2) is 0 Å². The zero-order chi connectivity index (χ0) is 12.8. The predicted molar refractivity (Wildman–Crippen MR) is 67.2 cm³/mol. The Labute approximate surface area is 108 Å². The molecule has 2 N–H and O–H groups in total. The van der Waals surface area contributed by atoms with Crippen molar-refractivity contribution in [1.29, 1.82) is 0 Å². The molecule has 0 spiro atoms. The minimum absolute atomic E-state index is 0.288. The van der Waals surface area contributed by atoms with E-state index in [0.29, 0.717) is 25.1 Å². The molecule has 0 aromatic heterocycles. The third-order valence-corrected chi connectivity index (χ3v) is 3.05. The minimum atomic E-state index is -0.824. The molecule has 0 amide bonds. The van der Waals surface area contributed by atoms with Crippen molar-refractivity contribution in [3.05, 3.63) is 34.1 Å². The standard InChI is InChI=1S/C12H15BrFNO2/c1-2-8(12(16)17)6-15-7-9-5-10(13)3-4-11(9)14/h3-5,8,15H,2,6-7H2,1H3,(H,16,17). The van der Waals surface area contributed by atoms with Crippen LogP contribution >= 0.6 is 15.9 Å². The first-order chi connectivity index (χ1) is 8.04. The summed E-state index contributed by atoms with van der Waals surface area (Å²) in [5.41, 5.74) is 0.527. The second-order valence-electron chi connectivity index (χ2n) is 3.81. The normalized spacial score (nSPS) is 12.4. The van der Waals surface area contributed by atoms with Gasteiger partial charge in [-0.15, -0.1) is 0 Å². The Morgan fingerprint density at radius 1 is 1.59 bits per heavy atom. The fourth-order valence-corrected chi connectivity index (χ4v) is 1.87. The molecule has 0 saturated carbocycles. The summed E-state index contributed by atoms with van der Waals surface area (Å²) < 4.78 is 14.2. The van der Waals surface area contributed by atoms with E-state index >= 15 is 0 Å². The van der Waals surface area contributed by atoms with Gasteiger partial charge < -0.3 is 10.4 Å². The van der Waals surface area contributed by atoms with Crippen LogP contribution in [0.2, 0.25) is 0 Å². The number of halogens is 2. The van der Waals surface area contributed by atoms with Gasteiger partial charge in [0.1, 0.15) is 5.82 Å². The molecule has 0 heterocycles. The predicted octanol–water partition coefficient (Wildman–Crippen LogP) is 2.79. The van der Waals surface area contributed by atoms with Gasteiger partial charge in [0.05, 0.1) is 5.92 Å². The van der Waals surface area contributed by atoms with Crippen molar-refractivity contribution in [2.75, 3.05) is 6.54 Å². The van der Waals surface area contributed by atoms with Gasteiger partial charge in [0.25, 0.3) is 0 Å². The van der Waals surface area contributed by atoms with Crippen LogP contribution in [0.5, 0.6) is 0 Å². The molecule has 1 unspecified atom stereocenters. The number of nitrogens with one attached hydrogen (secondary N) is 1. The molecule has 1 rings (SSSR count). The van der Waals surface area contributed by atoms with Gasteiger partial charge in [0, 0.05) is 23.1 Å². The first kappa shape index (κ1) is 14.1. The second-order valence-corrected chi connectivity index (χ2v) is 4.73. The Morgan fingerprint density at radius 2 is 2.29 bits per heavy atom. The fraction of sp³-hybridized carbons (Fsp3) is 0.417. The number of rotatable bonds is 6. The zero-order valence-corrected chi connectivity index (χ0v) is 11.1. The van der Waals surface area contributed by atoms with Crippen LogP contribution in [0.3, 0.4) is 0 Å². The Bertz CT molecular complexity index is 398. The molecule has 17 heavy (non-hydrogen) atoms. The van der Waals surface area contributed by atoms with Gasteiger partial charge >= 0.3 is 5.97 Å². The lowest BCUT2D eigenvalue weighted by molar-refractivity contribution is -0.141. The third-order valence-electron chi connectivity index (χ3n) is 2.56. The number of carbonyl (C=O) groups is 1. The van der Waals surface area contributed by atoms with E-state index in [-0.39, 0.29) is 5.82 Å². The molecule has 94 valence electrons. The highest BCUT2D eigenvalue weighted by molar-refractivity contribution is 9.10. The fourth-order valence-electron chi connectivity index (χ4n) is 1.47. The third kappa shape index (κ3) is 4.44. The number of carboxylic acids is 1. The van der Waals surface area contributed by atoms with Crippen LogP contribution in [0, 0.1) is 11.7 Å². The lowest BCUT2D eigenvalue weighted by Crippen LogP contribution is -2.27. The van der Waals surface area contributed by atoms with Gasteiger partial charge in [-0.1, -0.05) is 22.9 Å². The summed E-state index contributed by atoms with van der Waals surface area (Å²) in [5.74, 6) is -1.54. The highest BCUT2D eigenvalue weighted by Gasteiger charge is 2.14. The molecule has 0 aliphatic heterocycles. The van der Waals surface area contributed by atoms with Crippen LogP contribution in [0.15, 0.2) is 22.7 Å². The highest BCUT2D eigenvalue weighted by Crippen LogP contribution is 2.15. The van der Waals surface area contributed by atoms with Crippen molar-refractivity contribution >= 4 is 21.9 Å². The van der Waals surface area contributed by atoms with Gasteiger partial charge in [0.2, 0.25) is 0 Å². The molecular weight excluding hydrogens is 289 g/mol. The van der Waals surface area contributed by atoms with Crippen molar-refractivity contribution in [2.24, 2.45) is 5.92 Å². The minimum Gasteiger partial charge on any atom is -0.481 e. The van der Waals surface area contributed by atoms with E-state index in [0.717, 1.165) is 4.47 Å². The molecule has 0 aliphatic carbocycles. The number of carboxylic acid groups (broad SMARTS) is 1. The molecular formula is C12H15BrFNO2. The average Bonchev–Trinajstić information content (AvgIpc) is 2.28. The first-order valence-corrected chi connectivity index (χ1v) is 6.21. The van der Waals surface area contributed by atoms with Crippen LogP contribution in [-0.4, -0.2) is 17.6 Å². The van der Waals surface area contributed by atoms with Crippen molar-refractivity contribution in [1.82, 2.24) is 5.32 Å². The Hall–Kier alpha value is -0.940. The van der Waals surface area contributed by atoms with Gasteiger partial charge in [-0.05, 0) is 24.6 Å².